The standard InChI is InChI=1S/C17H15Cl2F3N2O2/c1-24-15(17(20,21)22)8-13(25)16(23-24)10-6-14(12(19)7-11(10)18)26-9-4-2-3-5-9/h6-9H,2-5H2,1H3. The van der Waals surface area contributed by atoms with E-state index < -0.39 is 17.3 Å². The summed E-state index contributed by atoms with van der Waals surface area (Å²) in [6, 6.07) is 3.37. The molecule has 0 unspecified atom stereocenters. The molecule has 0 radical (unpaired) electrons. The number of hydrogen-bond acceptors (Lipinski definition) is 3. The monoisotopic (exact) mass is 406 g/mol. The van der Waals surface area contributed by atoms with Gasteiger partial charge in [0.15, 0.2) is 0 Å². The van der Waals surface area contributed by atoms with Gasteiger partial charge in [-0.3, -0.25) is 9.48 Å². The van der Waals surface area contributed by atoms with Crippen molar-refractivity contribution in [2.24, 2.45) is 7.05 Å². The van der Waals surface area contributed by atoms with Crippen molar-refractivity contribution in [1.29, 1.82) is 0 Å². The summed E-state index contributed by atoms with van der Waals surface area (Å²) in [6.45, 7) is 0. The highest BCUT2D eigenvalue weighted by Gasteiger charge is 2.34. The summed E-state index contributed by atoms with van der Waals surface area (Å²) in [5.41, 5.74) is -2.04. The van der Waals surface area contributed by atoms with Gasteiger partial charge in [0.05, 0.1) is 16.1 Å². The first-order chi connectivity index (χ1) is 12.2. The Morgan fingerprint density at radius 1 is 1.15 bits per heavy atom. The van der Waals surface area contributed by atoms with Crippen molar-refractivity contribution in [1.82, 2.24) is 9.78 Å². The largest absolute Gasteiger partial charge is 0.489 e. The van der Waals surface area contributed by atoms with Gasteiger partial charge in [-0.1, -0.05) is 23.2 Å². The number of aryl methyl sites for hydroxylation is 1. The molecule has 1 aromatic heterocycles. The van der Waals surface area contributed by atoms with Crippen LogP contribution in [0, 0.1) is 0 Å². The highest BCUT2D eigenvalue weighted by atomic mass is 35.5. The van der Waals surface area contributed by atoms with Gasteiger partial charge in [0.1, 0.15) is 17.1 Å². The molecule has 3 rings (SSSR count). The maximum absolute atomic E-state index is 12.9. The summed E-state index contributed by atoms with van der Waals surface area (Å²) < 4.78 is 45.2. The van der Waals surface area contributed by atoms with E-state index in [2.05, 4.69) is 5.10 Å². The fraction of sp³-hybridized carbons (Fsp3) is 0.412. The summed E-state index contributed by atoms with van der Waals surface area (Å²) in [7, 11) is 1.12. The number of aromatic nitrogens is 2. The number of alkyl halides is 3. The van der Waals surface area contributed by atoms with E-state index in [1.807, 2.05) is 0 Å². The fourth-order valence-electron chi connectivity index (χ4n) is 2.98. The highest BCUT2D eigenvalue weighted by Crippen LogP contribution is 2.37. The Kier molecular flexibility index (Phi) is 5.21. The second-order valence-corrected chi connectivity index (χ2v) is 6.96. The molecule has 0 bridgehead atoms. The molecule has 1 fully saturated rings. The second kappa shape index (κ2) is 7.12. The van der Waals surface area contributed by atoms with E-state index in [-0.39, 0.29) is 27.4 Å². The summed E-state index contributed by atoms with van der Waals surface area (Å²) in [5, 5.41) is 4.16. The molecule has 0 spiro atoms. The Hall–Kier alpha value is -1.73. The van der Waals surface area contributed by atoms with Gasteiger partial charge in [0.25, 0.3) is 0 Å². The molecule has 0 saturated heterocycles. The average Bonchev–Trinajstić information content (AvgIpc) is 3.04. The van der Waals surface area contributed by atoms with Crippen LogP contribution in [0.5, 0.6) is 5.75 Å². The molecule has 26 heavy (non-hydrogen) atoms. The van der Waals surface area contributed by atoms with E-state index in [1.54, 1.807) is 0 Å². The van der Waals surface area contributed by atoms with Crippen LogP contribution < -0.4 is 10.2 Å². The van der Waals surface area contributed by atoms with Gasteiger partial charge in [-0.25, -0.2) is 0 Å². The first-order valence-electron chi connectivity index (χ1n) is 7.98. The summed E-state index contributed by atoms with van der Waals surface area (Å²) in [4.78, 5) is 12.2. The Bertz CT molecular complexity index is 891. The minimum atomic E-state index is -4.68. The topological polar surface area (TPSA) is 44.1 Å². The average molecular weight is 407 g/mol. The number of ether oxygens (including phenoxy) is 1. The third-order valence-electron chi connectivity index (χ3n) is 4.26. The third-order valence-corrected chi connectivity index (χ3v) is 4.87. The van der Waals surface area contributed by atoms with Crippen molar-refractivity contribution in [3.05, 3.63) is 44.2 Å². The molecule has 1 saturated carbocycles. The Morgan fingerprint density at radius 2 is 1.81 bits per heavy atom. The number of rotatable bonds is 3. The lowest BCUT2D eigenvalue weighted by molar-refractivity contribution is -0.144. The summed E-state index contributed by atoms with van der Waals surface area (Å²) in [5.74, 6) is 0.335. The van der Waals surface area contributed by atoms with Crippen LogP contribution in [0.25, 0.3) is 11.3 Å². The Morgan fingerprint density at radius 3 is 2.42 bits per heavy atom. The van der Waals surface area contributed by atoms with Gasteiger partial charge >= 0.3 is 6.18 Å². The van der Waals surface area contributed by atoms with Gasteiger partial charge in [0.2, 0.25) is 5.43 Å². The van der Waals surface area contributed by atoms with Gasteiger partial charge in [-0.05, 0) is 37.8 Å². The quantitative estimate of drug-likeness (QED) is 0.712. The molecule has 2 aromatic rings. The van der Waals surface area contributed by atoms with Crippen LogP contribution in [-0.2, 0) is 13.2 Å². The maximum Gasteiger partial charge on any atom is 0.433 e. The van der Waals surface area contributed by atoms with E-state index in [1.165, 1.54) is 12.1 Å². The Labute approximate surface area is 157 Å². The number of halogens is 5. The van der Waals surface area contributed by atoms with Crippen LogP contribution in [0.2, 0.25) is 10.0 Å². The zero-order valence-corrected chi connectivity index (χ0v) is 15.3. The summed E-state index contributed by atoms with van der Waals surface area (Å²) in [6.07, 6.45) is -0.749. The highest BCUT2D eigenvalue weighted by molar-refractivity contribution is 6.37. The zero-order chi connectivity index (χ0) is 19.1. The molecular weight excluding hydrogens is 392 g/mol. The molecule has 1 aliphatic rings. The predicted octanol–water partition coefficient (Wildman–Crippen LogP) is 5.09. The number of nitrogens with zero attached hydrogens (tertiary/aromatic N) is 2. The number of hydrogen-bond donors (Lipinski definition) is 0. The van der Waals surface area contributed by atoms with E-state index in [9.17, 15) is 18.0 Å². The van der Waals surface area contributed by atoms with E-state index in [0.29, 0.717) is 16.5 Å². The van der Waals surface area contributed by atoms with Gasteiger partial charge in [-0.15, -0.1) is 0 Å². The van der Waals surface area contributed by atoms with Gasteiger partial charge < -0.3 is 4.74 Å². The van der Waals surface area contributed by atoms with Crippen LogP contribution in [-0.4, -0.2) is 15.9 Å². The lowest BCUT2D eigenvalue weighted by atomic mass is 10.1. The minimum Gasteiger partial charge on any atom is -0.489 e. The van der Waals surface area contributed by atoms with E-state index >= 15 is 0 Å². The van der Waals surface area contributed by atoms with Crippen molar-refractivity contribution < 1.29 is 17.9 Å². The molecule has 0 atom stereocenters. The maximum atomic E-state index is 12.9. The van der Waals surface area contributed by atoms with Crippen LogP contribution in [0.1, 0.15) is 31.4 Å². The lowest BCUT2D eigenvalue weighted by Crippen LogP contribution is -2.22. The zero-order valence-electron chi connectivity index (χ0n) is 13.7. The predicted molar refractivity (Wildman–Crippen MR) is 92.8 cm³/mol. The minimum absolute atomic E-state index is 0.0184. The molecule has 1 aromatic carbocycles. The normalized spacial score (nSPS) is 15.5. The van der Waals surface area contributed by atoms with Gasteiger partial charge in [-0.2, -0.15) is 18.3 Å². The molecule has 0 N–H and O–H groups in total. The smallest absolute Gasteiger partial charge is 0.433 e. The molecule has 1 heterocycles. The first-order valence-corrected chi connectivity index (χ1v) is 8.74. The van der Waals surface area contributed by atoms with Crippen molar-refractivity contribution in [3.8, 4) is 17.0 Å². The van der Waals surface area contributed by atoms with Crippen LogP contribution in [0.3, 0.4) is 0 Å². The molecular formula is C17H15Cl2F3N2O2. The fourth-order valence-corrected chi connectivity index (χ4v) is 3.49. The lowest BCUT2D eigenvalue weighted by Gasteiger charge is -2.17. The molecule has 0 amide bonds. The molecule has 0 aliphatic heterocycles. The molecule has 140 valence electrons. The van der Waals surface area contributed by atoms with Crippen molar-refractivity contribution in [3.63, 3.8) is 0 Å². The van der Waals surface area contributed by atoms with Crippen LogP contribution >= 0.6 is 23.2 Å². The van der Waals surface area contributed by atoms with Crippen molar-refractivity contribution >= 4 is 23.2 Å². The summed E-state index contributed by atoms with van der Waals surface area (Å²) >= 11 is 12.3. The van der Waals surface area contributed by atoms with Crippen LogP contribution in [0.4, 0.5) is 13.2 Å². The number of benzene rings is 1. The van der Waals surface area contributed by atoms with E-state index in [0.717, 1.165) is 32.7 Å². The van der Waals surface area contributed by atoms with Crippen LogP contribution in [0.15, 0.2) is 23.0 Å². The first kappa shape index (κ1) is 19.0. The second-order valence-electron chi connectivity index (χ2n) is 6.15. The molecule has 9 heteroatoms. The van der Waals surface area contributed by atoms with Crippen molar-refractivity contribution in [2.45, 2.75) is 38.0 Å². The SMILES string of the molecule is Cn1nc(-c2cc(OC3CCCC3)c(Cl)cc2Cl)c(=O)cc1C(F)(F)F. The van der Waals surface area contributed by atoms with Crippen molar-refractivity contribution in [2.75, 3.05) is 0 Å². The van der Waals surface area contributed by atoms with E-state index in [4.69, 9.17) is 27.9 Å². The Balaban J connectivity index is 2.06. The molecule has 4 nitrogen and oxygen atoms in total. The van der Waals surface area contributed by atoms with Gasteiger partial charge in [0, 0.05) is 18.7 Å². The molecule has 1 aliphatic carbocycles. The third kappa shape index (κ3) is 3.83.